The van der Waals surface area contributed by atoms with Crippen molar-refractivity contribution >= 4 is 11.6 Å². The summed E-state index contributed by atoms with van der Waals surface area (Å²) in [6.45, 7) is 7.23. The van der Waals surface area contributed by atoms with Crippen LogP contribution in [0.1, 0.15) is 41.8 Å². The minimum Gasteiger partial charge on any atom is -0.296 e. The van der Waals surface area contributed by atoms with Crippen LogP contribution in [0.4, 0.5) is 4.39 Å². The molecule has 0 N–H and O–H groups in total. The fraction of sp³-hybridized carbons (Fsp3) is 0.467. The molecular weight excluding hydrogens is 231 g/mol. The molecule has 2 nitrogen and oxygen atoms in total. The molecule has 0 aliphatic carbocycles. The van der Waals surface area contributed by atoms with Gasteiger partial charge in [0.15, 0.2) is 5.78 Å². The van der Waals surface area contributed by atoms with Crippen LogP contribution >= 0.6 is 0 Å². The van der Waals surface area contributed by atoms with E-state index in [4.69, 9.17) is 0 Å². The number of carbonyl (C=O) groups excluding carboxylic acids is 2. The van der Waals surface area contributed by atoms with Gasteiger partial charge in [0.1, 0.15) is 0 Å². The van der Waals surface area contributed by atoms with Gasteiger partial charge in [0.2, 0.25) is 12.0 Å². The molecule has 18 heavy (non-hydrogen) atoms. The van der Waals surface area contributed by atoms with E-state index in [1.54, 1.807) is 19.1 Å². The third-order valence-corrected chi connectivity index (χ3v) is 2.78. The van der Waals surface area contributed by atoms with E-state index in [-0.39, 0.29) is 12.3 Å². The molecule has 0 saturated carbocycles. The highest BCUT2D eigenvalue weighted by Gasteiger charge is 2.28. The van der Waals surface area contributed by atoms with Gasteiger partial charge in [-0.25, -0.2) is 4.39 Å². The summed E-state index contributed by atoms with van der Waals surface area (Å²) in [4.78, 5) is 23.5. The van der Waals surface area contributed by atoms with Crippen LogP contribution < -0.4 is 0 Å². The van der Waals surface area contributed by atoms with Gasteiger partial charge in [-0.2, -0.15) is 0 Å². The largest absolute Gasteiger partial charge is 0.296 e. The number of ketones is 2. The standard InChI is InChI=1S/C15H19FO2/c1-9(2)7-13(17)14(16)15(18)12-8-10(3)5-6-11(12)4/h5-6,8-9,14H,7H2,1-4H3. The van der Waals surface area contributed by atoms with E-state index in [1.807, 2.05) is 26.8 Å². The summed E-state index contributed by atoms with van der Waals surface area (Å²) in [6, 6.07) is 5.25. The third-order valence-electron chi connectivity index (χ3n) is 2.78. The number of alkyl halides is 1. The topological polar surface area (TPSA) is 34.1 Å². The Balaban J connectivity index is 2.93. The zero-order valence-corrected chi connectivity index (χ0v) is 11.3. The Labute approximate surface area is 107 Å². The van der Waals surface area contributed by atoms with Crippen LogP contribution in [0.5, 0.6) is 0 Å². The molecule has 0 amide bonds. The van der Waals surface area contributed by atoms with Gasteiger partial charge in [-0.3, -0.25) is 9.59 Å². The molecule has 1 aromatic carbocycles. The van der Waals surface area contributed by atoms with Crippen molar-refractivity contribution in [1.82, 2.24) is 0 Å². The van der Waals surface area contributed by atoms with Crippen LogP contribution in [0.3, 0.4) is 0 Å². The molecule has 1 aromatic rings. The highest BCUT2D eigenvalue weighted by molar-refractivity contribution is 6.13. The molecule has 0 radical (unpaired) electrons. The van der Waals surface area contributed by atoms with Gasteiger partial charge < -0.3 is 0 Å². The molecule has 3 heteroatoms. The van der Waals surface area contributed by atoms with Gasteiger partial charge in [0, 0.05) is 12.0 Å². The molecule has 1 rings (SSSR count). The van der Waals surface area contributed by atoms with Crippen molar-refractivity contribution in [1.29, 1.82) is 0 Å². The number of carbonyl (C=O) groups is 2. The molecule has 0 saturated heterocycles. The van der Waals surface area contributed by atoms with Crippen LogP contribution in [-0.2, 0) is 4.79 Å². The van der Waals surface area contributed by atoms with E-state index >= 15 is 0 Å². The summed E-state index contributed by atoms with van der Waals surface area (Å²) in [5.74, 6) is -1.29. The van der Waals surface area contributed by atoms with Crippen LogP contribution in [0, 0.1) is 19.8 Å². The predicted molar refractivity (Wildman–Crippen MR) is 69.6 cm³/mol. The van der Waals surface area contributed by atoms with Crippen LogP contribution in [0.2, 0.25) is 0 Å². The SMILES string of the molecule is Cc1ccc(C)c(C(=O)C(F)C(=O)CC(C)C)c1. The van der Waals surface area contributed by atoms with E-state index in [9.17, 15) is 14.0 Å². The van der Waals surface area contributed by atoms with Gasteiger partial charge in [0.25, 0.3) is 0 Å². The molecule has 1 atom stereocenters. The summed E-state index contributed by atoms with van der Waals surface area (Å²) >= 11 is 0. The summed E-state index contributed by atoms with van der Waals surface area (Å²) in [5, 5.41) is 0. The van der Waals surface area contributed by atoms with E-state index < -0.39 is 17.7 Å². The first-order valence-corrected chi connectivity index (χ1v) is 6.11. The average molecular weight is 250 g/mol. The van der Waals surface area contributed by atoms with Crippen molar-refractivity contribution in [3.05, 3.63) is 34.9 Å². The minimum atomic E-state index is -2.03. The Morgan fingerprint density at radius 3 is 2.39 bits per heavy atom. The smallest absolute Gasteiger partial charge is 0.220 e. The Hall–Kier alpha value is -1.51. The average Bonchev–Trinajstić information content (AvgIpc) is 2.29. The van der Waals surface area contributed by atoms with Gasteiger partial charge >= 0.3 is 0 Å². The van der Waals surface area contributed by atoms with E-state index in [0.29, 0.717) is 11.1 Å². The molecule has 0 heterocycles. The molecular formula is C15H19FO2. The van der Waals surface area contributed by atoms with Crippen molar-refractivity contribution < 1.29 is 14.0 Å². The molecule has 0 bridgehead atoms. The van der Waals surface area contributed by atoms with Crippen molar-refractivity contribution in [3.8, 4) is 0 Å². The second-order valence-electron chi connectivity index (χ2n) is 5.11. The highest BCUT2D eigenvalue weighted by Crippen LogP contribution is 2.16. The number of aryl methyl sites for hydroxylation is 2. The molecule has 0 aromatic heterocycles. The van der Waals surface area contributed by atoms with Gasteiger partial charge in [-0.1, -0.05) is 31.5 Å². The first-order valence-electron chi connectivity index (χ1n) is 6.11. The maximum atomic E-state index is 13.8. The van der Waals surface area contributed by atoms with Crippen LogP contribution in [-0.4, -0.2) is 17.7 Å². The van der Waals surface area contributed by atoms with Crippen LogP contribution in [0.15, 0.2) is 18.2 Å². The first kappa shape index (κ1) is 14.6. The second kappa shape index (κ2) is 5.89. The summed E-state index contributed by atoms with van der Waals surface area (Å²) < 4.78 is 13.8. The van der Waals surface area contributed by atoms with E-state index in [0.717, 1.165) is 5.56 Å². The number of hydrogen-bond donors (Lipinski definition) is 0. The Kier molecular flexibility index (Phi) is 4.76. The molecule has 0 aliphatic rings. The van der Waals surface area contributed by atoms with Crippen molar-refractivity contribution in [2.24, 2.45) is 5.92 Å². The highest BCUT2D eigenvalue weighted by atomic mass is 19.1. The lowest BCUT2D eigenvalue weighted by Crippen LogP contribution is -2.27. The molecule has 1 unspecified atom stereocenters. The van der Waals surface area contributed by atoms with Gasteiger partial charge in [-0.05, 0) is 31.4 Å². The summed E-state index contributed by atoms with van der Waals surface area (Å²) in [6.07, 6.45) is -1.94. The first-order chi connectivity index (χ1) is 8.32. The normalized spacial score (nSPS) is 12.6. The molecule has 0 spiro atoms. The zero-order valence-electron chi connectivity index (χ0n) is 11.3. The summed E-state index contributed by atoms with van der Waals surface area (Å²) in [5.41, 5.74) is 1.89. The lowest BCUT2D eigenvalue weighted by Gasteiger charge is -2.10. The maximum Gasteiger partial charge on any atom is 0.220 e. The lowest BCUT2D eigenvalue weighted by molar-refractivity contribution is -0.122. The number of halogens is 1. The molecule has 0 fully saturated rings. The van der Waals surface area contributed by atoms with E-state index in [1.165, 1.54) is 0 Å². The Bertz CT molecular complexity index is 464. The predicted octanol–water partition coefficient (Wildman–Crippen LogP) is 3.44. The lowest BCUT2D eigenvalue weighted by atomic mass is 9.95. The third kappa shape index (κ3) is 3.49. The number of benzene rings is 1. The van der Waals surface area contributed by atoms with Crippen LogP contribution in [0.25, 0.3) is 0 Å². The number of rotatable bonds is 5. The Morgan fingerprint density at radius 1 is 1.22 bits per heavy atom. The quantitative estimate of drug-likeness (QED) is 0.592. The van der Waals surface area contributed by atoms with E-state index in [2.05, 4.69) is 0 Å². The fourth-order valence-corrected chi connectivity index (χ4v) is 1.79. The maximum absolute atomic E-state index is 13.8. The van der Waals surface area contributed by atoms with Crippen molar-refractivity contribution in [3.63, 3.8) is 0 Å². The van der Waals surface area contributed by atoms with Crippen molar-refractivity contribution in [2.45, 2.75) is 40.3 Å². The molecule has 0 aliphatic heterocycles. The monoisotopic (exact) mass is 250 g/mol. The summed E-state index contributed by atoms with van der Waals surface area (Å²) in [7, 11) is 0. The molecule has 98 valence electrons. The fourth-order valence-electron chi connectivity index (χ4n) is 1.79. The minimum absolute atomic E-state index is 0.0576. The number of Topliss-reactive ketones (excluding diaryl/α,β-unsaturated/α-hetero) is 2. The Morgan fingerprint density at radius 2 is 1.83 bits per heavy atom. The zero-order chi connectivity index (χ0) is 13.9. The van der Waals surface area contributed by atoms with Crippen molar-refractivity contribution in [2.75, 3.05) is 0 Å². The van der Waals surface area contributed by atoms with Gasteiger partial charge in [0.05, 0.1) is 0 Å². The number of hydrogen-bond acceptors (Lipinski definition) is 2. The van der Waals surface area contributed by atoms with Gasteiger partial charge in [-0.15, -0.1) is 0 Å². The second-order valence-corrected chi connectivity index (χ2v) is 5.11.